The molecule has 1 atom stereocenters. The summed E-state index contributed by atoms with van der Waals surface area (Å²) in [5.74, 6) is 0.730. The summed E-state index contributed by atoms with van der Waals surface area (Å²) in [7, 11) is 3.23. The molecule has 0 bridgehead atoms. The van der Waals surface area contributed by atoms with Gasteiger partial charge in [0, 0.05) is 19.5 Å². The molecule has 0 aromatic heterocycles. The van der Waals surface area contributed by atoms with Crippen molar-refractivity contribution in [1.82, 2.24) is 4.90 Å². The van der Waals surface area contributed by atoms with E-state index in [4.69, 9.17) is 14.6 Å². The predicted molar refractivity (Wildman–Crippen MR) is 91.9 cm³/mol. The van der Waals surface area contributed by atoms with Crippen LogP contribution in [0, 0.1) is 11.3 Å². The number of piperidine rings is 1. The maximum Gasteiger partial charge on any atom is 0.307 e. The van der Waals surface area contributed by atoms with Crippen LogP contribution in [-0.4, -0.2) is 49.2 Å². The van der Waals surface area contributed by atoms with Crippen molar-refractivity contribution in [2.24, 2.45) is 11.3 Å². The van der Waals surface area contributed by atoms with Crippen molar-refractivity contribution in [2.45, 2.75) is 32.1 Å². The van der Waals surface area contributed by atoms with Crippen LogP contribution in [0.1, 0.15) is 31.2 Å². The van der Waals surface area contributed by atoms with Crippen LogP contribution in [0.5, 0.6) is 11.5 Å². The van der Waals surface area contributed by atoms with E-state index >= 15 is 0 Å². The lowest BCUT2D eigenvalue weighted by Gasteiger charge is -2.32. The van der Waals surface area contributed by atoms with Gasteiger partial charge in [0.15, 0.2) is 0 Å². The van der Waals surface area contributed by atoms with Crippen LogP contribution < -0.4 is 9.47 Å². The van der Waals surface area contributed by atoms with E-state index < -0.39 is 5.97 Å². The monoisotopic (exact) mass is 347 g/mol. The maximum atomic E-state index is 12.5. The number of aryl methyl sites for hydroxylation is 1. The van der Waals surface area contributed by atoms with Crippen LogP contribution in [0.25, 0.3) is 0 Å². The molecule has 2 fully saturated rings. The first-order valence-corrected chi connectivity index (χ1v) is 8.70. The number of ether oxygens (including phenoxy) is 2. The molecule has 3 rings (SSSR count). The SMILES string of the molecule is COc1ccc(OC)c(CCC(=O)N2CCC3(CC2)CC3C(=O)O)c1. The fraction of sp³-hybridized carbons (Fsp3) is 0.579. The largest absolute Gasteiger partial charge is 0.497 e. The summed E-state index contributed by atoms with van der Waals surface area (Å²) in [6, 6.07) is 5.59. The standard InChI is InChI=1S/C19H25NO5/c1-24-14-4-5-16(25-2)13(11-14)3-6-17(21)20-9-7-19(8-10-20)12-15(19)18(22)23/h4-5,11,15H,3,6-10,12H2,1-2H3,(H,22,23). The van der Waals surface area contributed by atoms with E-state index in [2.05, 4.69) is 0 Å². The van der Waals surface area contributed by atoms with Crippen molar-refractivity contribution in [3.05, 3.63) is 23.8 Å². The maximum absolute atomic E-state index is 12.5. The zero-order valence-corrected chi connectivity index (χ0v) is 14.8. The van der Waals surface area contributed by atoms with Gasteiger partial charge in [-0.2, -0.15) is 0 Å². The van der Waals surface area contributed by atoms with Gasteiger partial charge >= 0.3 is 5.97 Å². The molecule has 1 aromatic carbocycles. The number of amides is 1. The van der Waals surface area contributed by atoms with Gasteiger partial charge in [-0.15, -0.1) is 0 Å². The minimum Gasteiger partial charge on any atom is -0.497 e. The second-order valence-electron chi connectivity index (χ2n) is 7.02. The molecule has 1 unspecified atom stereocenters. The number of likely N-dealkylation sites (tertiary alicyclic amines) is 1. The van der Waals surface area contributed by atoms with E-state index in [1.54, 1.807) is 14.2 Å². The van der Waals surface area contributed by atoms with Crippen LogP contribution in [0.15, 0.2) is 18.2 Å². The Kier molecular flexibility index (Phi) is 4.88. The summed E-state index contributed by atoms with van der Waals surface area (Å²) in [6.45, 7) is 1.33. The highest BCUT2D eigenvalue weighted by Gasteiger charge is 2.59. The van der Waals surface area contributed by atoms with Gasteiger partial charge in [-0.05, 0) is 54.9 Å². The number of rotatable bonds is 6. The first-order chi connectivity index (χ1) is 12.0. The van der Waals surface area contributed by atoms with Crippen LogP contribution in [-0.2, 0) is 16.0 Å². The van der Waals surface area contributed by atoms with Crippen LogP contribution in [0.4, 0.5) is 0 Å². The van der Waals surface area contributed by atoms with E-state index in [1.165, 1.54) is 0 Å². The Balaban J connectivity index is 1.53. The van der Waals surface area contributed by atoms with Gasteiger partial charge in [0.1, 0.15) is 11.5 Å². The van der Waals surface area contributed by atoms with Crippen molar-refractivity contribution in [1.29, 1.82) is 0 Å². The quantitative estimate of drug-likeness (QED) is 0.855. The summed E-state index contributed by atoms with van der Waals surface area (Å²) in [4.78, 5) is 25.5. The molecular weight excluding hydrogens is 322 g/mol. The molecule has 1 spiro atoms. The third-order valence-electron chi connectivity index (χ3n) is 5.70. The summed E-state index contributed by atoms with van der Waals surface area (Å²) in [6.07, 6.45) is 3.39. The number of carbonyl (C=O) groups excluding carboxylic acids is 1. The number of methoxy groups -OCH3 is 2. The summed E-state index contributed by atoms with van der Waals surface area (Å²) in [5.41, 5.74) is 0.912. The second kappa shape index (κ2) is 6.94. The third kappa shape index (κ3) is 3.57. The normalized spacial score (nSPS) is 21.0. The summed E-state index contributed by atoms with van der Waals surface area (Å²) in [5, 5.41) is 9.15. The number of hydrogen-bond donors (Lipinski definition) is 1. The van der Waals surface area contributed by atoms with Gasteiger partial charge in [0.25, 0.3) is 0 Å². The number of aliphatic carboxylic acids is 1. The molecule has 1 saturated carbocycles. The van der Waals surface area contributed by atoms with Gasteiger partial charge < -0.3 is 19.5 Å². The van der Waals surface area contributed by atoms with Crippen LogP contribution in [0.3, 0.4) is 0 Å². The Labute approximate surface area is 147 Å². The molecule has 25 heavy (non-hydrogen) atoms. The lowest BCUT2D eigenvalue weighted by Crippen LogP contribution is -2.40. The van der Waals surface area contributed by atoms with Gasteiger partial charge in [-0.3, -0.25) is 9.59 Å². The fourth-order valence-electron chi connectivity index (χ4n) is 3.93. The number of nitrogens with zero attached hydrogens (tertiary/aromatic N) is 1. The summed E-state index contributed by atoms with van der Waals surface area (Å²) < 4.78 is 10.6. The van der Waals surface area contributed by atoms with Crippen LogP contribution in [0.2, 0.25) is 0 Å². The Morgan fingerprint density at radius 1 is 1.24 bits per heavy atom. The predicted octanol–water partition coefficient (Wildman–Crippen LogP) is 2.35. The summed E-state index contributed by atoms with van der Waals surface area (Å²) >= 11 is 0. The molecule has 1 amide bonds. The van der Waals surface area contributed by atoms with Gasteiger partial charge in [-0.1, -0.05) is 0 Å². The Morgan fingerprint density at radius 3 is 2.52 bits per heavy atom. The molecule has 1 aliphatic carbocycles. The van der Waals surface area contributed by atoms with Gasteiger partial charge in [-0.25, -0.2) is 0 Å². The van der Waals surface area contributed by atoms with Crippen molar-refractivity contribution in [3.63, 3.8) is 0 Å². The Morgan fingerprint density at radius 2 is 1.96 bits per heavy atom. The number of carboxylic acid groups (broad SMARTS) is 1. The van der Waals surface area contributed by atoms with E-state index in [1.807, 2.05) is 23.1 Å². The van der Waals surface area contributed by atoms with Crippen molar-refractivity contribution >= 4 is 11.9 Å². The smallest absolute Gasteiger partial charge is 0.307 e. The number of carbonyl (C=O) groups is 2. The fourth-order valence-corrected chi connectivity index (χ4v) is 3.93. The molecule has 1 N–H and O–H groups in total. The highest BCUT2D eigenvalue weighted by Crippen LogP contribution is 2.59. The Hall–Kier alpha value is -2.24. The zero-order valence-electron chi connectivity index (χ0n) is 14.8. The van der Waals surface area contributed by atoms with Crippen LogP contribution >= 0.6 is 0 Å². The lowest BCUT2D eigenvalue weighted by molar-refractivity contribution is -0.139. The minimum absolute atomic E-state index is 0.0430. The minimum atomic E-state index is -0.690. The number of benzene rings is 1. The molecule has 1 saturated heterocycles. The van der Waals surface area contributed by atoms with Crippen molar-refractivity contribution < 1.29 is 24.2 Å². The van der Waals surface area contributed by atoms with E-state index in [-0.39, 0.29) is 17.2 Å². The highest BCUT2D eigenvalue weighted by atomic mass is 16.5. The lowest BCUT2D eigenvalue weighted by atomic mass is 9.90. The average Bonchev–Trinajstić information content (AvgIpc) is 3.33. The van der Waals surface area contributed by atoms with E-state index in [0.717, 1.165) is 36.3 Å². The first-order valence-electron chi connectivity index (χ1n) is 8.70. The van der Waals surface area contributed by atoms with Crippen molar-refractivity contribution in [3.8, 4) is 11.5 Å². The molecule has 6 nitrogen and oxygen atoms in total. The molecule has 1 aliphatic heterocycles. The zero-order chi connectivity index (χ0) is 18.0. The van der Waals surface area contributed by atoms with E-state index in [0.29, 0.717) is 25.9 Å². The number of hydrogen-bond acceptors (Lipinski definition) is 4. The molecule has 6 heteroatoms. The molecule has 136 valence electrons. The van der Waals surface area contributed by atoms with E-state index in [9.17, 15) is 9.59 Å². The Bertz CT molecular complexity index is 664. The third-order valence-corrected chi connectivity index (χ3v) is 5.70. The molecule has 2 aliphatic rings. The highest BCUT2D eigenvalue weighted by molar-refractivity contribution is 5.77. The second-order valence-corrected chi connectivity index (χ2v) is 7.02. The van der Waals surface area contributed by atoms with Gasteiger partial charge in [0.2, 0.25) is 5.91 Å². The van der Waals surface area contributed by atoms with Gasteiger partial charge in [0.05, 0.1) is 20.1 Å². The first kappa shape index (κ1) is 17.6. The molecule has 0 radical (unpaired) electrons. The average molecular weight is 347 g/mol. The van der Waals surface area contributed by atoms with Crippen molar-refractivity contribution in [2.75, 3.05) is 27.3 Å². The molecule has 1 aromatic rings. The topological polar surface area (TPSA) is 76.1 Å². The number of carboxylic acids is 1. The molecule has 1 heterocycles. The molecular formula is C19H25NO5.